The summed E-state index contributed by atoms with van der Waals surface area (Å²) in [6.45, 7) is 0.565. The summed E-state index contributed by atoms with van der Waals surface area (Å²) in [5.74, 6) is -0.225. The number of carbonyl (C=O) groups excluding carboxylic acids is 1. The number of carbonyl (C=O) groups is 1. The Balaban J connectivity index is 2.05. The highest BCUT2D eigenvalue weighted by molar-refractivity contribution is 7.89. The summed E-state index contributed by atoms with van der Waals surface area (Å²) < 4.78 is 22.3. The second-order valence-corrected chi connectivity index (χ2v) is 6.29. The van der Waals surface area contributed by atoms with Gasteiger partial charge in [-0.3, -0.25) is 4.79 Å². The van der Waals surface area contributed by atoms with E-state index < -0.39 is 10.0 Å². The molecule has 1 amide bonds. The van der Waals surface area contributed by atoms with Gasteiger partial charge in [0.2, 0.25) is 10.0 Å². The highest BCUT2D eigenvalue weighted by Gasteiger charge is 2.10. The maximum atomic E-state index is 12.1. The molecule has 6 nitrogen and oxygen atoms in total. The molecule has 2 rings (SSSR count). The normalized spacial score (nSPS) is 11.2. The monoisotopic (exact) mass is 319 g/mol. The van der Waals surface area contributed by atoms with Crippen LogP contribution in [0.15, 0.2) is 53.4 Å². The molecule has 0 aliphatic heterocycles. The Kier molecular flexibility index (Phi) is 4.92. The molecule has 0 radical (unpaired) electrons. The standard InChI is InChI=1S/C15H17N3O3S/c16-9-12-3-1-2-4-14(12)15(19)18-10-11-5-7-13(8-6-11)22(17,20)21/h1-8H,9-10,16H2,(H,18,19)(H2,17,20,21). The molecule has 2 aromatic carbocycles. The smallest absolute Gasteiger partial charge is 0.251 e. The third-order valence-electron chi connectivity index (χ3n) is 3.19. The third-order valence-corrected chi connectivity index (χ3v) is 4.12. The van der Waals surface area contributed by atoms with Gasteiger partial charge in [-0.1, -0.05) is 30.3 Å². The number of hydrogen-bond acceptors (Lipinski definition) is 4. The first-order valence-corrected chi connectivity index (χ1v) is 8.14. The summed E-state index contributed by atoms with van der Waals surface area (Å²) in [5, 5.41) is 7.80. The van der Waals surface area contributed by atoms with Crippen molar-refractivity contribution in [3.63, 3.8) is 0 Å². The molecule has 0 unspecified atom stereocenters. The van der Waals surface area contributed by atoms with Crippen LogP contribution in [0.3, 0.4) is 0 Å². The summed E-state index contributed by atoms with van der Waals surface area (Å²) in [4.78, 5) is 12.2. The molecule has 0 bridgehead atoms. The summed E-state index contributed by atoms with van der Waals surface area (Å²) in [7, 11) is -3.70. The second kappa shape index (κ2) is 6.69. The van der Waals surface area contributed by atoms with Crippen LogP contribution in [0.4, 0.5) is 0 Å². The fourth-order valence-corrected chi connectivity index (χ4v) is 2.51. The van der Waals surface area contributed by atoms with Crippen LogP contribution < -0.4 is 16.2 Å². The fraction of sp³-hybridized carbons (Fsp3) is 0.133. The Morgan fingerprint density at radius 1 is 1.05 bits per heavy atom. The lowest BCUT2D eigenvalue weighted by molar-refractivity contribution is 0.0950. The second-order valence-electron chi connectivity index (χ2n) is 4.73. The van der Waals surface area contributed by atoms with Crippen molar-refractivity contribution in [2.75, 3.05) is 0 Å². The largest absolute Gasteiger partial charge is 0.348 e. The molecule has 116 valence electrons. The molecule has 0 saturated heterocycles. The fourth-order valence-electron chi connectivity index (χ4n) is 1.99. The minimum atomic E-state index is -3.70. The molecule has 0 saturated carbocycles. The van der Waals surface area contributed by atoms with E-state index in [2.05, 4.69) is 5.32 Å². The van der Waals surface area contributed by atoms with Crippen molar-refractivity contribution in [2.45, 2.75) is 18.0 Å². The van der Waals surface area contributed by atoms with Crippen LogP contribution in [0, 0.1) is 0 Å². The number of rotatable bonds is 5. The number of primary sulfonamides is 1. The van der Waals surface area contributed by atoms with Crippen molar-refractivity contribution in [2.24, 2.45) is 10.9 Å². The molecular formula is C15H17N3O3S. The quantitative estimate of drug-likeness (QED) is 0.753. The molecule has 5 N–H and O–H groups in total. The van der Waals surface area contributed by atoms with E-state index in [-0.39, 0.29) is 23.9 Å². The molecule has 0 aliphatic rings. The number of nitrogens with one attached hydrogen (secondary N) is 1. The van der Waals surface area contributed by atoms with Gasteiger partial charge in [-0.05, 0) is 29.3 Å². The number of benzene rings is 2. The lowest BCUT2D eigenvalue weighted by Gasteiger charge is -2.09. The van der Waals surface area contributed by atoms with Crippen molar-refractivity contribution < 1.29 is 13.2 Å². The van der Waals surface area contributed by atoms with Crippen LogP contribution in [0.25, 0.3) is 0 Å². The molecular weight excluding hydrogens is 302 g/mol. The highest BCUT2D eigenvalue weighted by atomic mass is 32.2. The molecule has 7 heteroatoms. The van der Waals surface area contributed by atoms with E-state index in [0.29, 0.717) is 5.56 Å². The summed E-state index contributed by atoms with van der Waals surface area (Å²) in [6, 6.07) is 13.1. The van der Waals surface area contributed by atoms with Crippen LogP contribution in [0.1, 0.15) is 21.5 Å². The van der Waals surface area contributed by atoms with E-state index in [9.17, 15) is 13.2 Å². The van der Waals surface area contributed by atoms with Crippen molar-refractivity contribution in [1.82, 2.24) is 5.32 Å². The van der Waals surface area contributed by atoms with E-state index in [1.165, 1.54) is 12.1 Å². The maximum Gasteiger partial charge on any atom is 0.251 e. The van der Waals surface area contributed by atoms with Gasteiger partial charge >= 0.3 is 0 Å². The zero-order valence-electron chi connectivity index (χ0n) is 11.8. The Morgan fingerprint density at radius 3 is 2.27 bits per heavy atom. The van der Waals surface area contributed by atoms with Gasteiger partial charge in [0.1, 0.15) is 0 Å². The Bertz CT molecular complexity index is 771. The SMILES string of the molecule is NCc1ccccc1C(=O)NCc1ccc(S(N)(=O)=O)cc1. The molecule has 0 fully saturated rings. The average Bonchev–Trinajstić information content (AvgIpc) is 2.52. The number of nitrogens with two attached hydrogens (primary N) is 2. The first kappa shape index (κ1) is 16.2. The molecule has 0 aliphatic carbocycles. The van der Waals surface area contributed by atoms with Crippen molar-refractivity contribution in [3.8, 4) is 0 Å². The van der Waals surface area contributed by atoms with Gasteiger partial charge in [-0.2, -0.15) is 0 Å². The lowest BCUT2D eigenvalue weighted by Crippen LogP contribution is -2.24. The Hall–Kier alpha value is -2.22. The Labute approximate surface area is 129 Å². The van der Waals surface area contributed by atoms with E-state index in [1.54, 1.807) is 30.3 Å². The van der Waals surface area contributed by atoms with Gasteiger partial charge in [0.25, 0.3) is 5.91 Å². The van der Waals surface area contributed by atoms with Crippen LogP contribution in [0.2, 0.25) is 0 Å². The van der Waals surface area contributed by atoms with E-state index in [0.717, 1.165) is 11.1 Å². The predicted molar refractivity (Wildman–Crippen MR) is 83.3 cm³/mol. The number of sulfonamides is 1. The van der Waals surface area contributed by atoms with Crippen molar-refractivity contribution >= 4 is 15.9 Å². The average molecular weight is 319 g/mol. The van der Waals surface area contributed by atoms with E-state index in [4.69, 9.17) is 10.9 Å². The highest BCUT2D eigenvalue weighted by Crippen LogP contribution is 2.10. The van der Waals surface area contributed by atoms with Crippen LogP contribution in [0.5, 0.6) is 0 Å². The maximum absolute atomic E-state index is 12.1. The van der Waals surface area contributed by atoms with Crippen LogP contribution in [-0.2, 0) is 23.1 Å². The zero-order chi connectivity index (χ0) is 16.2. The van der Waals surface area contributed by atoms with Gasteiger partial charge < -0.3 is 11.1 Å². The molecule has 2 aromatic rings. The number of hydrogen-bond donors (Lipinski definition) is 3. The first-order chi connectivity index (χ1) is 10.4. The molecule has 0 heterocycles. The minimum Gasteiger partial charge on any atom is -0.348 e. The van der Waals surface area contributed by atoms with Crippen LogP contribution >= 0.6 is 0 Å². The topological polar surface area (TPSA) is 115 Å². The number of amides is 1. The molecule has 0 spiro atoms. The molecule has 22 heavy (non-hydrogen) atoms. The summed E-state index contributed by atoms with van der Waals surface area (Å²) in [5.41, 5.74) is 7.68. The zero-order valence-corrected chi connectivity index (χ0v) is 12.6. The van der Waals surface area contributed by atoms with Crippen molar-refractivity contribution in [3.05, 3.63) is 65.2 Å². The molecule has 0 atom stereocenters. The van der Waals surface area contributed by atoms with E-state index in [1.807, 2.05) is 6.07 Å². The van der Waals surface area contributed by atoms with Gasteiger partial charge in [0, 0.05) is 18.7 Å². The Morgan fingerprint density at radius 2 is 1.68 bits per heavy atom. The van der Waals surface area contributed by atoms with Gasteiger partial charge in [0.15, 0.2) is 0 Å². The van der Waals surface area contributed by atoms with Gasteiger partial charge in [0.05, 0.1) is 4.90 Å². The van der Waals surface area contributed by atoms with E-state index >= 15 is 0 Å². The van der Waals surface area contributed by atoms with Gasteiger partial charge in [-0.15, -0.1) is 0 Å². The minimum absolute atomic E-state index is 0.0380. The summed E-state index contributed by atoms with van der Waals surface area (Å²) in [6.07, 6.45) is 0. The first-order valence-electron chi connectivity index (χ1n) is 6.59. The summed E-state index contributed by atoms with van der Waals surface area (Å²) >= 11 is 0. The van der Waals surface area contributed by atoms with Crippen LogP contribution in [-0.4, -0.2) is 14.3 Å². The predicted octanol–water partition coefficient (Wildman–Crippen LogP) is 0.723. The molecule has 0 aromatic heterocycles. The van der Waals surface area contributed by atoms with Gasteiger partial charge in [-0.25, -0.2) is 13.6 Å². The lowest BCUT2D eigenvalue weighted by atomic mass is 10.1. The third kappa shape index (κ3) is 3.91. The van der Waals surface area contributed by atoms with Crippen molar-refractivity contribution in [1.29, 1.82) is 0 Å².